The Kier molecular flexibility index (Phi) is 6.96. The van der Waals surface area contributed by atoms with E-state index in [4.69, 9.17) is 11.6 Å². The zero-order valence-corrected chi connectivity index (χ0v) is 15.6. The molecule has 2 rings (SSSR count). The molecule has 146 valence electrons. The molecule has 0 saturated carbocycles. The van der Waals surface area contributed by atoms with E-state index in [1.807, 2.05) is 18.2 Å². The van der Waals surface area contributed by atoms with Crippen LogP contribution in [0.2, 0.25) is 5.02 Å². The first-order valence-electron chi connectivity index (χ1n) is 8.20. The highest BCUT2D eigenvalue weighted by atomic mass is 35.5. The monoisotopic (exact) mass is 400 g/mol. The van der Waals surface area contributed by atoms with Crippen LogP contribution in [0.5, 0.6) is 5.75 Å². The average molecular weight is 401 g/mol. The molecule has 0 fully saturated rings. The molecule has 0 aromatic heterocycles. The van der Waals surface area contributed by atoms with Crippen LogP contribution in [0.25, 0.3) is 0 Å². The maximum Gasteiger partial charge on any atom is 0.422 e. The van der Waals surface area contributed by atoms with Crippen LogP contribution in [0.15, 0.2) is 48.5 Å². The average Bonchev–Trinajstić information content (AvgIpc) is 2.61. The number of nitrogens with one attached hydrogen (secondary N) is 1. The number of nitrogens with zero attached hydrogens (tertiary/aromatic N) is 1. The van der Waals surface area contributed by atoms with Gasteiger partial charge in [0.05, 0.1) is 6.04 Å². The quantitative estimate of drug-likeness (QED) is 0.725. The van der Waals surface area contributed by atoms with Crippen LogP contribution in [0.1, 0.15) is 24.1 Å². The number of hydrogen-bond acceptors (Lipinski definition) is 2. The number of alkyl halides is 3. The van der Waals surface area contributed by atoms with E-state index in [9.17, 15) is 18.0 Å². The summed E-state index contributed by atoms with van der Waals surface area (Å²) in [4.78, 5) is 13.8. The van der Waals surface area contributed by atoms with Crippen molar-refractivity contribution in [3.8, 4) is 5.75 Å². The van der Waals surface area contributed by atoms with Gasteiger partial charge in [-0.1, -0.05) is 41.9 Å². The van der Waals surface area contributed by atoms with Crippen molar-refractivity contribution in [2.45, 2.75) is 25.7 Å². The number of carbonyl (C=O) groups is 1. The van der Waals surface area contributed by atoms with E-state index in [2.05, 4.69) is 10.1 Å². The minimum Gasteiger partial charge on any atom is -0.484 e. The largest absolute Gasteiger partial charge is 0.484 e. The fourth-order valence-electron chi connectivity index (χ4n) is 2.35. The summed E-state index contributed by atoms with van der Waals surface area (Å²) >= 11 is 6.10. The minimum atomic E-state index is -4.38. The first-order chi connectivity index (χ1) is 12.7. The molecule has 0 radical (unpaired) electrons. The van der Waals surface area contributed by atoms with E-state index in [0.717, 1.165) is 11.1 Å². The molecule has 0 spiro atoms. The van der Waals surface area contributed by atoms with Gasteiger partial charge >= 0.3 is 12.2 Å². The third-order valence-corrected chi connectivity index (χ3v) is 4.20. The van der Waals surface area contributed by atoms with Crippen molar-refractivity contribution in [2.75, 3.05) is 13.7 Å². The summed E-state index contributed by atoms with van der Waals surface area (Å²) < 4.78 is 41.2. The third-order valence-electron chi connectivity index (χ3n) is 3.83. The lowest BCUT2D eigenvalue weighted by molar-refractivity contribution is -0.153. The summed E-state index contributed by atoms with van der Waals surface area (Å²) in [6.45, 7) is 0.792. The van der Waals surface area contributed by atoms with E-state index < -0.39 is 12.8 Å². The number of hydrogen-bond donors (Lipinski definition) is 1. The Balaban J connectivity index is 1.90. The van der Waals surface area contributed by atoms with Crippen molar-refractivity contribution >= 4 is 17.6 Å². The van der Waals surface area contributed by atoms with Gasteiger partial charge in [-0.25, -0.2) is 4.79 Å². The Morgan fingerprint density at radius 1 is 1.19 bits per heavy atom. The van der Waals surface area contributed by atoms with Crippen LogP contribution in [0, 0.1) is 0 Å². The van der Waals surface area contributed by atoms with Gasteiger partial charge in [0.15, 0.2) is 6.61 Å². The number of benzene rings is 2. The van der Waals surface area contributed by atoms with Gasteiger partial charge in [-0.15, -0.1) is 0 Å². The number of ether oxygens (including phenoxy) is 1. The molecule has 4 nitrogen and oxygen atoms in total. The molecule has 2 aromatic rings. The molecule has 0 aliphatic heterocycles. The van der Waals surface area contributed by atoms with E-state index >= 15 is 0 Å². The lowest BCUT2D eigenvalue weighted by Gasteiger charge is -2.22. The van der Waals surface area contributed by atoms with Gasteiger partial charge in [-0.3, -0.25) is 0 Å². The van der Waals surface area contributed by atoms with Crippen molar-refractivity contribution in [3.05, 3.63) is 64.7 Å². The summed E-state index contributed by atoms with van der Waals surface area (Å²) in [6.07, 6.45) is -4.38. The molecular weight excluding hydrogens is 381 g/mol. The smallest absolute Gasteiger partial charge is 0.422 e. The lowest BCUT2D eigenvalue weighted by atomic mass is 10.1. The highest BCUT2D eigenvalue weighted by Gasteiger charge is 2.28. The molecule has 0 aliphatic rings. The van der Waals surface area contributed by atoms with E-state index in [0.29, 0.717) is 11.6 Å². The Morgan fingerprint density at radius 2 is 1.81 bits per heavy atom. The number of halogens is 4. The van der Waals surface area contributed by atoms with Crippen LogP contribution in [-0.4, -0.2) is 30.8 Å². The van der Waals surface area contributed by atoms with Crippen LogP contribution in [-0.2, 0) is 6.54 Å². The first-order valence-corrected chi connectivity index (χ1v) is 8.58. The van der Waals surface area contributed by atoms with Crippen molar-refractivity contribution in [1.29, 1.82) is 0 Å². The molecule has 1 atom stereocenters. The second-order valence-corrected chi connectivity index (χ2v) is 6.50. The molecule has 2 amide bonds. The molecular formula is C19H20ClF3N2O2. The van der Waals surface area contributed by atoms with Crippen molar-refractivity contribution in [1.82, 2.24) is 10.2 Å². The number of amides is 2. The van der Waals surface area contributed by atoms with Crippen LogP contribution >= 0.6 is 11.6 Å². The fourth-order valence-corrected chi connectivity index (χ4v) is 2.55. The third kappa shape index (κ3) is 6.67. The van der Waals surface area contributed by atoms with Crippen LogP contribution in [0.3, 0.4) is 0 Å². The molecule has 0 heterocycles. The van der Waals surface area contributed by atoms with Crippen molar-refractivity contribution in [3.63, 3.8) is 0 Å². The Morgan fingerprint density at radius 3 is 2.41 bits per heavy atom. The topological polar surface area (TPSA) is 41.6 Å². The molecule has 0 aliphatic carbocycles. The zero-order valence-electron chi connectivity index (χ0n) is 14.9. The SMILES string of the molecule is CC(NC(=O)N(C)Cc1ccccc1Cl)c1ccc(OCC(F)(F)F)cc1. The molecule has 0 bridgehead atoms. The molecule has 1 N–H and O–H groups in total. The first kappa shape index (κ1) is 20.9. The fraction of sp³-hybridized carbons (Fsp3) is 0.316. The van der Waals surface area contributed by atoms with Gasteiger partial charge in [0.1, 0.15) is 5.75 Å². The minimum absolute atomic E-state index is 0.116. The van der Waals surface area contributed by atoms with Crippen LogP contribution < -0.4 is 10.1 Å². The van der Waals surface area contributed by atoms with Crippen LogP contribution in [0.4, 0.5) is 18.0 Å². The molecule has 8 heteroatoms. The Hall–Kier alpha value is -2.41. The Labute approximate surface area is 160 Å². The normalized spacial score (nSPS) is 12.4. The zero-order chi connectivity index (χ0) is 20.0. The van der Waals surface area contributed by atoms with Gasteiger partial charge in [0.2, 0.25) is 0 Å². The summed E-state index contributed by atoms with van der Waals surface area (Å²) in [5.74, 6) is 0.116. The standard InChI is InChI=1S/C19H20ClF3N2O2/c1-13(14-7-9-16(10-8-14)27-12-19(21,22)23)24-18(26)25(2)11-15-5-3-4-6-17(15)20/h3-10,13H,11-12H2,1-2H3,(H,24,26). The van der Waals surface area contributed by atoms with Crippen molar-refractivity contribution < 1.29 is 22.7 Å². The van der Waals surface area contributed by atoms with Gasteiger partial charge in [0.25, 0.3) is 0 Å². The molecule has 2 aromatic carbocycles. The maximum absolute atomic E-state index is 12.3. The second-order valence-electron chi connectivity index (χ2n) is 6.09. The summed E-state index contributed by atoms with van der Waals surface area (Å²) in [5.41, 5.74) is 1.57. The maximum atomic E-state index is 12.3. The van der Waals surface area contributed by atoms with E-state index in [1.165, 1.54) is 17.0 Å². The van der Waals surface area contributed by atoms with Gasteiger partial charge < -0.3 is 15.0 Å². The summed E-state index contributed by atoms with van der Waals surface area (Å²) in [5, 5.41) is 3.42. The lowest BCUT2D eigenvalue weighted by Crippen LogP contribution is -2.38. The highest BCUT2D eigenvalue weighted by molar-refractivity contribution is 6.31. The van der Waals surface area contributed by atoms with Gasteiger partial charge in [-0.2, -0.15) is 13.2 Å². The molecule has 0 saturated heterocycles. The van der Waals surface area contributed by atoms with Gasteiger partial charge in [0, 0.05) is 18.6 Å². The van der Waals surface area contributed by atoms with Crippen molar-refractivity contribution in [2.24, 2.45) is 0 Å². The predicted octanol–water partition coefficient (Wildman–Crippen LogP) is 5.18. The Bertz CT molecular complexity index is 766. The number of urea groups is 1. The number of carbonyl (C=O) groups excluding carboxylic acids is 1. The number of rotatable bonds is 6. The van der Waals surface area contributed by atoms with E-state index in [-0.39, 0.29) is 17.8 Å². The summed E-state index contributed by atoms with van der Waals surface area (Å²) in [6, 6.07) is 12.8. The predicted molar refractivity (Wildman–Crippen MR) is 97.9 cm³/mol. The van der Waals surface area contributed by atoms with E-state index in [1.54, 1.807) is 32.2 Å². The second kappa shape index (κ2) is 8.99. The summed E-state index contributed by atoms with van der Waals surface area (Å²) in [7, 11) is 1.65. The van der Waals surface area contributed by atoms with Gasteiger partial charge in [-0.05, 0) is 36.2 Å². The molecule has 27 heavy (non-hydrogen) atoms. The molecule has 1 unspecified atom stereocenters. The highest BCUT2D eigenvalue weighted by Crippen LogP contribution is 2.21.